The van der Waals surface area contributed by atoms with Gasteiger partial charge in [0.15, 0.2) is 0 Å². The van der Waals surface area contributed by atoms with Crippen LogP contribution in [0.5, 0.6) is 5.75 Å². The molecule has 2 rings (SSSR count). The van der Waals surface area contributed by atoms with E-state index in [2.05, 4.69) is 10.3 Å². The van der Waals surface area contributed by atoms with E-state index in [-0.39, 0.29) is 11.3 Å². The zero-order chi connectivity index (χ0) is 15.1. The fourth-order valence-corrected chi connectivity index (χ4v) is 1.71. The van der Waals surface area contributed by atoms with Crippen molar-refractivity contribution in [1.82, 2.24) is 10.3 Å². The number of hydrogen-bond acceptors (Lipinski definition) is 4. The highest BCUT2D eigenvalue weighted by atomic mass is 16.3. The number of nitriles is 1. The normalized spacial score (nSPS) is 10.7. The minimum absolute atomic E-state index is 0.0188. The zero-order valence-corrected chi connectivity index (χ0v) is 11.2. The topological polar surface area (TPSA) is 86.0 Å². The molecular formula is C16H13N3O2. The molecule has 0 aliphatic carbocycles. The Bertz CT molecular complexity index is 703. The fourth-order valence-electron chi connectivity index (χ4n) is 1.71. The number of carbonyl (C=O) groups excluding carboxylic acids is 1. The van der Waals surface area contributed by atoms with E-state index >= 15 is 0 Å². The number of pyridine rings is 1. The monoisotopic (exact) mass is 279 g/mol. The van der Waals surface area contributed by atoms with Crippen molar-refractivity contribution in [1.29, 1.82) is 5.26 Å². The summed E-state index contributed by atoms with van der Waals surface area (Å²) in [5.74, 6) is -0.379. The fraction of sp³-hybridized carbons (Fsp3) is 0.0625. The second-order valence-corrected chi connectivity index (χ2v) is 4.30. The van der Waals surface area contributed by atoms with Gasteiger partial charge in [-0.3, -0.25) is 9.78 Å². The van der Waals surface area contributed by atoms with Crippen LogP contribution in [0.4, 0.5) is 0 Å². The number of amides is 1. The van der Waals surface area contributed by atoms with Gasteiger partial charge in [0.25, 0.3) is 5.91 Å². The van der Waals surface area contributed by atoms with E-state index in [1.165, 1.54) is 18.2 Å². The second-order valence-electron chi connectivity index (χ2n) is 4.30. The van der Waals surface area contributed by atoms with Crippen LogP contribution in [0.15, 0.2) is 54.4 Å². The van der Waals surface area contributed by atoms with Gasteiger partial charge in [0.05, 0.1) is 0 Å². The van der Waals surface area contributed by atoms with Crippen LogP contribution in [0.3, 0.4) is 0 Å². The number of rotatable bonds is 4. The summed E-state index contributed by atoms with van der Waals surface area (Å²) in [5.41, 5.74) is 1.47. The van der Waals surface area contributed by atoms with Gasteiger partial charge < -0.3 is 10.4 Å². The highest BCUT2D eigenvalue weighted by Gasteiger charge is 2.08. The average molecular weight is 279 g/mol. The van der Waals surface area contributed by atoms with E-state index in [0.29, 0.717) is 12.1 Å². The van der Waals surface area contributed by atoms with Crippen molar-refractivity contribution in [3.63, 3.8) is 0 Å². The molecule has 0 radical (unpaired) electrons. The summed E-state index contributed by atoms with van der Waals surface area (Å²) in [6.45, 7) is 0.320. The number of hydrogen-bond donors (Lipinski definition) is 2. The van der Waals surface area contributed by atoms with Gasteiger partial charge in [-0.15, -0.1) is 0 Å². The summed E-state index contributed by atoms with van der Waals surface area (Å²) in [5, 5.41) is 21.1. The third kappa shape index (κ3) is 4.18. The molecule has 0 aliphatic heterocycles. The minimum Gasteiger partial charge on any atom is -0.508 e. The van der Waals surface area contributed by atoms with Crippen molar-refractivity contribution >= 4 is 12.0 Å². The molecule has 1 amide bonds. The summed E-state index contributed by atoms with van der Waals surface area (Å²) in [6.07, 6.45) is 4.70. The Morgan fingerprint density at radius 2 is 2.10 bits per heavy atom. The molecule has 1 aromatic carbocycles. The third-order valence-corrected chi connectivity index (χ3v) is 2.75. The standard InChI is InChI=1S/C16H13N3O2/c17-10-14(8-13-2-1-3-15(20)9-13)16(21)19-11-12-4-6-18-7-5-12/h1-9,20H,11H2,(H,19,21)/b14-8+. The molecule has 0 spiro atoms. The Labute approximate surface area is 122 Å². The van der Waals surface area contributed by atoms with Crippen LogP contribution in [-0.4, -0.2) is 16.0 Å². The Kier molecular flexibility index (Phi) is 4.67. The second kappa shape index (κ2) is 6.87. The predicted octanol–water partition coefficient (Wildman–Crippen LogP) is 2.01. The molecule has 1 heterocycles. The molecule has 0 atom stereocenters. The highest BCUT2D eigenvalue weighted by Crippen LogP contribution is 2.14. The first-order valence-corrected chi connectivity index (χ1v) is 6.27. The van der Waals surface area contributed by atoms with Gasteiger partial charge in [-0.2, -0.15) is 5.26 Å². The van der Waals surface area contributed by atoms with Crippen LogP contribution < -0.4 is 5.32 Å². The lowest BCUT2D eigenvalue weighted by atomic mass is 10.1. The van der Waals surface area contributed by atoms with Gasteiger partial charge in [-0.25, -0.2) is 0 Å². The maximum atomic E-state index is 12.0. The van der Waals surface area contributed by atoms with Gasteiger partial charge in [0.1, 0.15) is 17.4 Å². The van der Waals surface area contributed by atoms with Crippen LogP contribution in [0.25, 0.3) is 6.08 Å². The van der Waals surface area contributed by atoms with Crippen molar-refractivity contribution in [3.8, 4) is 11.8 Å². The zero-order valence-electron chi connectivity index (χ0n) is 11.2. The van der Waals surface area contributed by atoms with Crippen molar-refractivity contribution in [2.24, 2.45) is 0 Å². The van der Waals surface area contributed by atoms with Crippen LogP contribution in [-0.2, 0) is 11.3 Å². The Morgan fingerprint density at radius 3 is 2.76 bits per heavy atom. The molecule has 0 aliphatic rings. The molecule has 2 N–H and O–H groups in total. The molecule has 0 fully saturated rings. The van der Waals surface area contributed by atoms with Crippen molar-refractivity contribution in [2.45, 2.75) is 6.54 Å². The Hall–Kier alpha value is -3.13. The summed E-state index contributed by atoms with van der Waals surface area (Å²) in [6, 6.07) is 11.8. The van der Waals surface area contributed by atoms with Crippen molar-refractivity contribution < 1.29 is 9.90 Å². The number of aromatic hydroxyl groups is 1. The van der Waals surface area contributed by atoms with Crippen molar-refractivity contribution in [3.05, 3.63) is 65.5 Å². The molecule has 0 saturated carbocycles. The Balaban J connectivity index is 2.07. The smallest absolute Gasteiger partial charge is 0.262 e. The summed E-state index contributed by atoms with van der Waals surface area (Å²) < 4.78 is 0. The van der Waals surface area contributed by atoms with Gasteiger partial charge in [-0.05, 0) is 41.5 Å². The van der Waals surface area contributed by atoms with E-state index in [1.54, 1.807) is 36.7 Å². The van der Waals surface area contributed by atoms with Gasteiger partial charge >= 0.3 is 0 Å². The number of nitrogens with one attached hydrogen (secondary N) is 1. The number of carbonyl (C=O) groups is 1. The lowest BCUT2D eigenvalue weighted by Crippen LogP contribution is -2.23. The predicted molar refractivity (Wildman–Crippen MR) is 77.8 cm³/mol. The highest BCUT2D eigenvalue weighted by molar-refractivity contribution is 6.01. The van der Waals surface area contributed by atoms with E-state index in [4.69, 9.17) is 5.26 Å². The molecule has 5 heteroatoms. The molecular weight excluding hydrogens is 266 g/mol. The molecule has 2 aromatic rings. The van der Waals surface area contributed by atoms with Crippen LogP contribution in [0.2, 0.25) is 0 Å². The molecule has 0 unspecified atom stereocenters. The SMILES string of the molecule is N#C/C(=C\c1cccc(O)c1)C(=O)NCc1ccncc1. The first-order chi connectivity index (χ1) is 10.2. The number of aromatic nitrogens is 1. The van der Waals surface area contributed by atoms with E-state index in [0.717, 1.165) is 5.56 Å². The molecule has 1 aromatic heterocycles. The van der Waals surface area contributed by atoms with Crippen LogP contribution >= 0.6 is 0 Å². The molecule has 5 nitrogen and oxygen atoms in total. The lowest BCUT2D eigenvalue weighted by Gasteiger charge is -2.04. The van der Waals surface area contributed by atoms with Crippen LogP contribution in [0, 0.1) is 11.3 Å². The average Bonchev–Trinajstić information content (AvgIpc) is 2.51. The quantitative estimate of drug-likeness (QED) is 0.662. The summed E-state index contributed by atoms with van der Waals surface area (Å²) >= 11 is 0. The van der Waals surface area contributed by atoms with Crippen molar-refractivity contribution in [2.75, 3.05) is 0 Å². The largest absolute Gasteiger partial charge is 0.508 e. The number of benzene rings is 1. The van der Waals surface area contributed by atoms with E-state index < -0.39 is 5.91 Å². The molecule has 0 bridgehead atoms. The number of phenolic OH excluding ortho intramolecular Hbond substituents is 1. The van der Waals surface area contributed by atoms with E-state index in [9.17, 15) is 9.90 Å². The summed E-state index contributed by atoms with van der Waals surface area (Å²) in [7, 11) is 0. The van der Waals surface area contributed by atoms with Gasteiger partial charge in [0.2, 0.25) is 0 Å². The third-order valence-electron chi connectivity index (χ3n) is 2.75. The van der Waals surface area contributed by atoms with E-state index in [1.807, 2.05) is 6.07 Å². The number of phenols is 1. The first kappa shape index (κ1) is 14.3. The molecule has 0 saturated heterocycles. The maximum absolute atomic E-state index is 12.0. The number of nitrogens with zero attached hydrogens (tertiary/aromatic N) is 2. The summed E-state index contributed by atoms with van der Waals surface area (Å²) in [4.78, 5) is 15.8. The van der Waals surface area contributed by atoms with Gasteiger partial charge in [-0.1, -0.05) is 12.1 Å². The molecule has 21 heavy (non-hydrogen) atoms. The minimum atomic E-state index is -0.461. The van der Waals surface area contributed by atoms with Crippen LogP contribution in [0.1, 0.15) is 11.1 Å². The van der Waals surface area contributed by atoms with Gasteiger partial charge in [0, 0.05) is 18.9 Å². The maximum Gasteiger partial charge on any atom is 0.262 e. The first-order valence-electron chi connectivity index (χ1n) is 6.27. The molecule has 104 valence electrons. The Morgan fingerprint density at radius 1 is 1.33 bits per heavy atom. The lowest BCUT2D eigenvalue weighted by molar-refractivity contribution is -0.117.